The molecule has 2 rings (SSSR count). The Morgan fingerprint density at radius 3 is 2.41 bits per heavy atom. The molecule has 0 spiro atoms. The Balaban J connectivity index is 2.05. The van der Waals surface area contributed by atoms with E-state index in [0.29, 0.717) is 6.04 Å². The fourth-order valence-corrected chi connectivity index (χ4v) is 4.00. The van der Waals surface area contributed by atoms with Gasteiger partial charge in [-0.25, -0.2) is 0 Å². The minimum atomic E-state index is 0.580. The summed E-state index contributed by atoms with van der Waals surface area (Å²) in [7, 11) is 0. The van der Waals surface area contributed by atoms with E-state index in [-0.39, 0.29) is 0 Å². The number of unbranched alkanes of at least 4 members (excludes halogenated alkanes) is 2. The lowest BCUT2D eigenvalue weighted by Gasteiger charge is -2.37. The number of nitrogens with one attached hydrogen (secondary N) is 1. The van der Waals surface area contributed by atoms with E-state index >= 15 is 0 Å². The number of hydrogen-bond acceptors (Lipinski definition) is 4. The van der Waals surface area contributed by atoms with E-state index in [9.17, 15) is 0 Å². The zero-order chi connectivity index (χ0) is 15.6. The second-order valence-corrected chi connectivity index (χ2v) is 7.30. The molecule has 0 aromatic carbocycles. The minimum Gasteiger partial charge on any atom is -0.314 e. The quantitative estimate of drug-likeness (QED) is 0.710. The van der Waals surface area contributed by atoms with Crippen LogP contribution in [0, 0.1) is 0 Å². The summed E-state index contributed by atoms with van der Waals surface area (Å²) in [5.41, 5.74) is 0. The van der Waals surface area contributed by atoms with E-state index < -0.39 is 0 Å². The predicted octanol–water partition coefficient (Wildman–Crippen LogP) is 3.60. The highest BCUT2D eigenvalue weighted by molar-refractivity contribution is 7.10. The molecule has 0 bridgehead atoms. The zero-order valence-electron chi connectivity index (χ0n) is 14.4. The van der Waals surface area contributed by atoms with Gasteiger partial charge in [-0.1, -0.05) is 32.8 Å². The Bertz CT molecular complexity index is 366. The van der Waals surface area contributed by atoms with E-state index in [1.165, 1.54) is 58.4 Å². The van der Waals surface area contributed by atoms with Crippen molar-refractivity contribution in [2.45, 2.75) is 45.6 Å². The molecule has 4 heteroatoms. The molecular formula is C18H33N3S. The lowest BCUT2D eigenvalue weighted by Crippen LogP contribution is -2.47. The van der Waals surface area contributed by atoms with Gasteiger partial charge in [0.05, 0.1) is 6.04 Å². The van der Waals surface area contributed by atoms with Gasteiger partial charge in [-0.05, 0) is 37.4 Å². The summed E-state index contributed by atoms with van der Waals surface area (Å²) < 4.78 is 0. The fourth-order valence-electron chi connectivity index (χ4n) is 3.15. The molecule has 0 aliphatic carbocycles. The molecule has 1 aromatic heterocycles. The summed E-state index contributed by atoms with van der Waals surface area (Å²) in [6.45, 7) is 12.9. The maximum atomic E-state index is 3.47. The number of piperazine rings is 1. The number of hydrogen-bond donors (Lipinski definition) is 1. The molecule has 1 aliphatic heterocycles. The van der Waals surface area contributed by atoms with Gasteiger partial charge in [0, 0.05) is 37.6 Å². The van der Waals surface area contributed by atoms with Gasteiger partial charge >= 0.3 is 0 Å². The Morgan fingerprint density at radius 1 is 1.18 bits per heavy atom. The minimum absolute atomic E-state index is 0.580. The molecule has 1 unspecified atom stereocenters. The molecule has 1 atom stereocenters. The predicted molar refractivity (Wildman–Crippen MR) is 97.8 cm³/mol. The SMILES string of the molecule is CCCCN(CCCC)C(CN1CCNCC1)c1cccs1. The van der Waals surface area contributed by atoms with Crippen molar-refractivity contribution in [2.24, 2.45) is 0 Å². The van der Waals surface area contributed by atoms with E-state index in [4.69, 9.17) is 0 Å². The Hall–Kier alpha value is -0.420. The highest BCUT2D eigenvalue weighted by Crippen LogP contribution is 2.27. The van der Waals surface area contributed by atoms with Crippen LogP contribution in [0.15, 0.2) is 17.5 Å². The standard InChI is InChI=1S/C18H33N3S/c1-3-5-11-21(12-6-4-2)17(18-8-7-15-22-18)16-20-13-9-19-10-14-20/h7-8,15,17,19H,3-6,9-14,16H2,1-2H3. The average Bonchev–Trinajstić information content (AvgIpc) is 3.08. The molecule has 22 heavy (non-hydrogen) atoms. The van der Waals surface area contributed by atoms with Crippen LogP contribution >= 0.6 is 11.3 Å². The van der Waals surface area contributed by atoms with Gasteiger partial charge in [-0.2, -0.15) is 0 Å². The smallest absolute Gasteiger partial charge is 0.0569 e. The van der Waals surface area contributed by atoms with Crippen molar-refractivity contribution in [3.63, 3.8) is 0 Å². The summed E-state index contributed by atoms with van der Waals surface area (Å²) in [4.78, 5) is 6.94. The molecule has 1 aliphatic rings. The second kappa shape index (κ2) is 10.4. The van der Waals surface area contributed by atoms with Crippen molar-refractivity contribution >= 4 is 11.3 Å². The van der Waals surface area contributed by atoms with Crippen LogP contribution in [0.5, 0.6) is 0 Å². The molecule has 1 saturated heterocycles. The molecule has 1 N–H and O–H groups in total. The first kappa shape index (κ1) is 17.9. The van der Waals surface area contributed by atoms with Crippen LogP contribution in [0.4, 0.5) is 0 Å². The van der Waals surface area contributed by atoms with Crippen LogP contribution in [-0.2, 0) is 0 Å². The highest BCUT2D eigenvalue weighted by Gasteiger charge is 2.24. The third kappa shape index (κ3) is 5.65. The first-order chi connectivity index (χ1) is 10.8. The average molecular weight is 324 g/mol. The van der Waals surface area contributed by atoms with E-state index in [2.05, 4.69) is 46.5 Å². The molecule has 0 saturated carbocycles. The van der Waals surface area contributed by atoms with Gasteiger partial charge in [0.25, 0.3) is 0 Å². The molecule has 1 aromatic rings. The Morgan fingerprint density at radius 2 is 1.86 bits per heavy atom. The lowest BCUT2D eigenvalue weighted by molar-refractivity contribution is 0.128. The Kier molecular flexibility index (Phi) is 8.45. The highest BCUT2D eigenvalue weighted by atomic mass is 32.1. The number of nitrogens with zero attached hydrogens (tertiary/aromatic N) is 2. The van der Waals surface area contributed by atoms with Crippen LogP contribution in [-0.4, -0.2) is 55.6 Å². The van der Waals surface area contributed by atoms with Crippen molar-refractivity contribution in [1.29, 1.82) is 0 Å². The van der Waals surface area contributed by atoms with E-state index in [1.54, 1.807) is 4.88 Å². The molecule has 126 valence electrons. The lowest BCUT2D eigenvalue weighted by atomic mass is 10.1. The van der Waals surface area contributed by atoms with Crippen LogP contribution in [0.2, 0.25) is 0 Å². The van der Waals surface area contributed by atoms with Crippen LogP contribution in [0.3, 0.4) is 0 Å². The summed E-state index contributed by atoms with van der Waals surface area (Å²) >= 11 is 1.93. The van der Waals surface area contributed by atoms with Crippen molar-refractivity contribution in [2.75, 3.05) is 45.8 Å². The van der Waals surface area contributed by atoms with Crippen molar-refractivity contribution in [1.82, 2.24) is 15.1 Å². The first-order valence-electron chi connectivity index (χ1n) is 9.05. The number of rotatable bonds is 10. The van der Waals surface area contributed by atoms with Gasteiger partial charge in [0.15, 0.2) is 0 Å². The monoisotopic (exact) mass is 323 g/mol. The van der Waals surface area contributed by atoms with Crippen LogP contribution in [0.25, 0.3) is 0 Å². The molecule has 1 fully saturated rings. The van der Waals surface area contributed by atoms with Crippen LogP contribution in [0.1, 0.15) is 50.4 Å². The normalized spacial score (nSPS) is 18.0. The topological polar surface area (TPSA) is 18.5 Å². The summed E-state index contributed by atoms with van der Waals surface area (Å²) in [5.74, 6) is 0. The Labute approximate surface area is 140 Å². The van der Waals surface area contributed by atoms with E-state index in [1.807, 2.05) is 11.3 Å². The molecule has 0 amide bonds. The van der Waals surface area contributed by atoms with Gasteiger partial charge in [-0.15, -0.1) is 11.3 Å². The second-order valence-electron chi connectivity index (χ2n) is 6.32. The summed E-state index contributed by atoms with van der Waals surface area (Å²) in [5, 5.41) is 5.70. The summed E-state index contributed by atoms with van der Waals surface area (Å²) in [6, 6.07) is 5.13. The van der Waals surface area contributed by atoms with Gasteiger partial charge in [0.1, 0.15) is 0 Å². The van der Waals surface area contributed by atoms with Crippen molar-refractivity contribution in [3.8, 4) is 0 Å². The third-order valence-electron chi connectivity index (χ3n) is 4.55. The molecule has 2 heterocycles. The number of thiophene rings is 1. The maximum Gasteiger partial charge on any atom is 0.0569 e. The van der Waals surface area contributed by atoms with Crippen LogP contribution < -0.4 is 5.32 Å². The molecule has 3 nitrogen and oxygen atoms in total. The molecular weight excluding hydrogens is 290 g/mol. The molecule has 0 radical (unpaired) electrons. The van der Waals surface area contributed by atoms with Gasteiger partial charge in [-0.3, -0.25) is 9.80 Å². The maximum absolute atomic E-state index is 3.47. The first-order valence-corrected chi connectivity index (χ1v) is 9.93. The van der Waals surface area contributed by atoms with Gasteiger partial charge in [0.2, 0.25) is 0 Å². The third-order valence-corrected chi connectivity index (χ3v) is 5.52. The van der Waals surface area contributed by atoms with Gasteiger partial charge < -0.3 is 5.32 Å². The van der Waals surface area contributed by atoms with E-state index in [0.717, 1.165) is 13.1 Å². The van der Waals surface area contributed by atoms with Crippen molar-refractivity contribution in [3.05, 3.63) is 22.4 Å². The fraction of sp³-hybridized carbons (Fsp3) is 0.778. The largest absolute Gasteiger partial charge is 0.314 e. The summed E-state index contributed by atoms with van der Waals surface area (Å²) in [6.07, 6.45) is 5.20. The zero-order valence-corrected chi connectivity index (χ0v) is 15.2. The van der Waals surface area contributed by atoms with Crippen molar-refractivity contribution < 1.29 is 0 Å².